The number of carbonyl (C=O) groups is 1. The van der Waals surface area contributed by atoms with Crippen LogP contribution in [0.4, 0.5) is 4.39 Å². The van der Waals surface area contributed by atoms with E-state index >= 15 is 0 Å². The zero-order chi connectivity index (χ0) is 15.4. The summed E-state index contributed by atoms with van der Waals surface area (Å²) in [6.45, 7) is 0.195. The second-order valence-electron chi connectivity index (χ2n) is 4.63. The molecule has 0 atom stereocenters. The maximum atomic E-state index is 12.3. The lowest BCUT2D eigenvalue weighted by Gasteiger charge is -2.09. The lowest BCUT2D eigenvalue weighted by molar-refractivity contribution is 0.0948. The van der Waals surface area contributed by atoms with Crippen molar-refractivity contribution in [1.29, 1.82) is 0 Å². The summed E-state index contributed by atoms with van der Waals surface area (Å²) in [5.41, 5.74) is -0.513. The fraction of sp³-hybridized carbons (Fsp3) is 0.545. The molecule has 0 unspecified atom stereocenters. The molecule has 122 valence electrons. The maximum Gasteiger partial charge on any atom is 0.353 e. The molecular formula is C11H17ClFN7O2. The number of amides is 1. The lowest BCUT2D eigenvalue weighted by Crippen LogP contribution is -2.33. The average molecular weight is 334 g/mol. The number of nitrogens with zero attached hydrogens (tertiary/aromatic N) is 6. The van der Waals surface area contributed by atoms with Crippen LogP contribution in [0.5, 0.6) is 0 Å². The van der Waals surface area contributed by atoms with Gasteiger partial charge in [0, 0.05) is 13.1 Å². The maximum absolute atomic E-state index is 12.3. The molecule has 0 spiro atoms. The van der Waals surface area contributed by atoms with Crippen molar-refractivity contribution in [2.24, 2.45) is 0 Å². The molecule has 0 bridgehead atoms. The summed E-state index contributed by atoms with van der Waals surface area (Å²) in [7, 11) is 3.77. The number of likely N-dealkylation sites (N-methyl/N-ethyl adjacent to an activating group) is 1. The largest absolute Gasteiger partial charge is 0.353 e. The molecule has 9 nitrogen and oxygen atoms in total. The highest BCUT2D eigenvalue weighted by atomic mass is 35.5. The number of fused-ring (bicyclic) bond motifs is 1. The van der Waals surface area contributed by atoms with Crippen molar-refractivity contribution in [2.75, 3.05) is 33.9 Å². The number of alkyl halides is 1. The number of hydrogen-bond acceptors (Lipinski definition) is 6. The molecule has 1 N–H and O–H groups in total. The van der Waals surface area contributed by atoms with Crippen LogP contribution in [-0.2, 0) is 6.54 Å². The molecule has 2 aromatic rings. The number of aryl methyl sites for hydroxylation is 1. The van der Waals surface area contributed by atoms with Crippen LogP contribution in [0, 0.1) is 0 Å². The summed E-state index contributed by atoms with van der Waals surface area (Å²) in [5, 5.41) is 10.0. The fourth-order valence-electron chi connectivity index (χ4n) is 1.69. The minimum absolute atomic E-state index is 0. The van der Waals surface area contributed by atoms with Crippen LogP contribution < -0.4 is 11.0 Å². The number of rotatable bonds is 6. The zero-order valence-electron chi connectivity index (χ0n) is 12.2. The van der Waals surface area contributed by atoms with Gasteiger partial charge in [-0.15, -0.1) is 17.5 Å². The minimum Gasteiger partial charge on any atom is -0.349 e. The Hall–Kier alpha value is -2.07. The van der Waals surface area contributed by atoms with Gasteiger partial charge in [0.15, 0.2) is 11.3 Å². The summed E-state index contributed by atoms with van der Waals surface area (Å²) in [5.74, 6) is -0.434. The van der Waals surface area contributed by atoms with Crippen LogP contribution in [0.1, 0.15) is 10.5 Å². The molecule has 0 aliphatic carbocycles. The smallest absolute Gasteiger partial charge is 0.349 e. The first-order valence-corrected chi connectivity index (χ1v) is 6.34. The summed E-state index contributed by atoms with van der Waals surface area (Å²) in [6, 6.07) is 0. The van der Waals surface area contributed by atoms with Crippen LogP contribution >= 0.6 is 12.4 Å². The average Bonchev–Trinajstić information content (AvgIpc) is 2.86. The Morgan fingerprint density at radius 3 is 2.82 bits per heavy atom. The molecule has 11 heteroatoms. The number of aromatic nitrogens is 5. The molecule has 0 saturated heterocycles. The van der Waals surface area contributed by atoms with E-state index in [0.29, 0.717) is 13.1 Å². The van der Waals surface area contributed by atoms with Gasteiger partial charge in [-0.25, -0.2) is 18.6 Å². The highest BCUT2D eigenvalue weighted by Gasteiger charge is 2.17. The van der Waals surface area contributed by atoms with E-state index in [9.17, 15) is 14.0 Å². The SMILES string of the molecule is CN(C)CCNC(=O)c1ncn2c(=O)n(CCF)nnc12.Cl. The van der Waals surface area contributed by atoms with Gasteiger partial charge in [0.1, 0.15) is 13.0 Å². The van der Waals surface area contributed by atoms with E-state index in [2.05, 4.69) is 20.6 Å². The normalized spacial score (nSPS) is 10.7. The van der Waals surface area contributed by atoms with Gasteiger partial charge in [-0.05, 0) is 14.1 Å². The monoisotopic (exact) mass is 333 g/mol. The van der Waals surface area contributed by atoms with Gasteiger partial charge in [0.05, 0.1) is 6.54 Å². The van der Waals surface area contributed by atoms with Gasteiger partial charge in [0.2, 0.25) is 0 Å². The van der Waals surface area contributed by atoms with E-state index in [-0.39, 0.29) is 30.3 Å². The molecule has 2 rings (SSSR count). The van der Waals surface area contributed by atoms with Crippen molar-refractivity contribution in [3.05, 3.63) is 22.5 Å². The van der Waals surface area contributed by atoms with E-state index in [1.807, 2.05) is 19.0 Å². The van der Waals surface area contributed by atoms with Crippen LogP contribution in [0.3, 0.4) is 0 Å². The Labute approximate surface area is 131 Å². The first kappa shape index (κ1) is 18.0. The molecule has 0 aliphatic heterocycles. The Morgan fingerprint density at radius 2 is 2.18 bits per heavy atom. The second-order valence-corrected chi connectivity index (χ2v) is 4.63. The summed E-state index contributed by atoms with van der Waals surface area (Å²) in [4.78, 5) is 29.7. The second kappa shape index (κ2) is 7.80. The third-order valence-electron chi connectivity index (χ3n) is 2.77. The number of nitrogens with one attached hydrogen (secondary N) is 1. The van der Waals surface area contributed by atoms with Crippen LogP contribution in [0.25, 0.3) is 5.65 Å². The van der Waals surface area contributed by atoms with Gasteiger partial charge in [0.25, 0.3) is 5.91 Å². The van der Waals surface area contributed by atoms with Crippen LogP contribution in [-0.4, -0.2) is 69.0 Å². The molecule has 22 heavy (non-hydrogen) atoms. The van der Waals surface area contributed by atoms with Gasteiger partial charge < -0.3 is 10.2 Å². The third-order valence-corrected chi connectivity index (χ3v) is 2.77. The highest BCUT2D eigenvalue weighted by molar-refractivity contribution is 5.97. The van der Waals surface area contributed by atoms with Gasteiger partial charge in [-0.3, -0.25) is 4.79 Å². The quantitative estimate of drug-likeness (QED) is 0.726. The van der Waals surface area contributed by atoms with E-state index in [1.165, 1.54) is 6.33 Å². The Kier molecular flexibility index (Phi) is 6.38. The first-order chi connectivity index (χ1) is 10.0. The van der Waals surface area contributed by atoms with Crippen LogP contribution in [0.2, 0.25) is 0 Å². The number of hydrogen-bond donors (Lipinski definition) is 1. The van der Waals surface area contributed by atoms with E-state index < -0.39 is 18.3 Å². The van der Waals surface area contributed by atoms with Crippen molar-refractivity contribution in [2.45, 2.75) is 6.54 Å². The summed E-state index contributed by atoms with van der Waals surface area (Å²) in [6.07, 6.45) is 1.18. The molecule has 0 fully saturated rings. The molecule has 1 amide bonds. The molecule has 2 aromatic heterocycles. The predicted octanol–water partition coefficient (Wildman–Crippen LogP) is -1.03. The first-order valence-electron chi connectivity index (χ1n) is 6.34. The van der Waals surface area contributed by atoms with E-state index in [4.69, 9.17) is 0 Å². The molecule has 0 saturated carbocycles. The van der Waals surface area contributed by atoms with Gasteiger partial charge >= 0.3 is 5.69 Å². The van der Waals surface area contributed by atoms with Crippen molar-refractivity contribution in [3.63, 3.8) is 0 Å². The van der Waals surface area contributed by atoms with E-state index in [1.54, 1.807) is 0 Å². The van der Waals surface area contributed by atoms with Gasteiger partial charge in [-0.2, -0.15) is 4.68 Å². The van der Waals surface area contributed by atoms with Crippen LogP contribution in [0.15, 0.2) is 11.1 Å². The Balaban J connectivity index is 0.00000242. The zero-order valence-corrected chi connectivity index (χ0v) is 13.0. The minimum atomic E-state index is -0.729. The van der Waals surface area contributed by atoms with E-state index in [0.717, 1.165) is 9.08 Å². The van der Waals surface area contributed by atoms with Gasteiger partial charge in [-0.1, -0.05) is 5.21 Å². The molecule has 0 aliphatic rings. The Morgan fingerprint density at radius 1 is 1.45 bits per heavy atom. The fourth-order valence-corrected chi connectivity index (χ4v) is 1.69. The summed E-state index contributed by atoms with van der Waals surface area (Å²) >= 11 is 0. The standard InChI is InChI=1S/C11H16FN7O2.ClH/c1-17(2)6-4-13-10(20)8-9-15-16-19(5-3-12)11(21)18(9)7-14-8;/h7H,3-6H2,1-2H3,(H,13,20);1H. The molecule has 0 radical (unpaired) electrons. The summed E-state index contributed by atoms with van der Waals surface area (Å²) < 4.78 is 14.2. The number of halogens is 2. The molecule has 2 heterocycles. The van der Waals surface area contributed by atoms with Crippen molar-refractivity contribution >= 4 is 24.0 Å². The molecular weight excluding hydrogens is 317 g/mol. The molecule has 0 aromatic carbocycles. The topological polar surface area (TPSA) is 97.4 Å². The van der Waals surface area contributed by atoms with Crippen molar-refractivity contribution in [1.82, 2.24) is 34.6 Å². The van der Waals surface area contributed by atoms with Crippen molar-refractivity contribution < 1.29 is 9.18 Å². The third kappa shape index (κ3) is 3.77. The number of imidazole rings is 1. The lowest BCUT2D eigenvalue weighted by atomic mass is 10.4. The number of carbonyl (C=O) groups excluding carboxylic acids is 1. The van der Waals surface area contributed by atoms with Crippen molar-refractivity contribution in [3.8, 4) is 0 Å². The highest BCUT2D eigenvalue weighted by Crippen LogP contribution is 2.02. The predicted molar refractivity (Wildman–Crippen MR) is 79.2 cm³/mol. The Bertz CT molecular complexity index is 699.